The van der Waals surface area contributed by atoms with E-state index in [-0.39, 0.29) is 30.4 Å². The molecule has 1 aliphatic heterocycles. The molecule has 2 unspecified atom stereocenters. The molecule has 1 rings (SSSR count). The molecule has 0 aromatic rings. The van der Waals surface area contributed by atoms with Crippen LogP contribution in [0.4, 0.5) is 0 Å². The summed E-state index contributed by atoms with van der Waals surface area (Å²) in [4.78, 5) is 22.4. The third-order valence-corrected chi connectivity index (χ3v) is 2.56. The van der Waals surface area contributed by atoms with Crippen LogP contribution < -0.4 is 10.6 Å². The van der Waals surface area contributed by atoms with E-state index >= 15 is 0 Å². The maximum Gasteiger partial charge on any atom is 0.242 e. The van der Waals surface area contributed by atoms with Gasteiger partial charge in [0.2, 0.25) is 11.8 Å². The van der Waals surface area contributed by atoms with Gasteiger partial charge in [0, 0.05) is 19.6 Å². The molecular weight excluding hydrogens is 196 g/mol. The summed E-state index contributed by atoms with van der Waals surface area (Å²) in [7, 11) is 0. The first-order valence-corrected chi connectivity index (χ1v) is 5.31. The van der Waals surface area contributed by atoms with Crippen LogP contribution in [-0.4, -0.2) is 36.1 Å². The summed E-state index contributed by atoms with van der Waals surface area (Å²) >= 11 is 0. The van der Waals surface area contributed by atoms with Crippen LogP contribution in [0.3, 0.4) is 0 Å². The monoisotopic (exact) mass is 214 g/mol. The van der Waals surface area contributed by atoms with Crippen molar-refractivity contribution in [3.8, 4) is 0 Å². The number of nitrogens with one attached hydrogen (secondary N) is 2. The lowest BCUT2D eigenvalue weighted by Gasteiger charge is -2.14. The van der Waals surface area contributed by atoms with Crippen LogP contribution in [0.2, 0.25) is 0 Å². The van der Waals surface area contributed by atoms with Crippen molar-refractivity contribution in [3.05, 3.63) is 0 Å². The summed E-state index contributed by atoms with van der Waals surface area (Å²) in [5.74, 6) is 0.0836. The molecule has 0 aliphatic carbocycles. The van der Waals surface area contributed by atoms with Crippen molar-refractivity contribution in [2.75, 3.05) is 13.2 Å². The number of hydrogen-bond acceptors (Lipinski definition) is 3. The molecule has 1 aliphatic rings. The van der Waals surface area contributed by atoms with Gasteiger partial charge >= 0.3 is 0 Å². The van der Waals surface area contributed by atoms with Crippen LogP contribution in [0.5, 0.6) is 0 Å². The second-order valence-corrected chi connectivity index (χ2v) is 4.02. The van der Waals surface area contributed by atoms with E-state index in [0.717, 1.165) is 0 Å². The number of hydrogen-bond donors (Lipinski definition) is 3. The first-order valence-electron chi connectivity index (χ1n) is 5.31. The van der Waals surface area contributed by atoms with Crippen molar-refractivity contribution < 1.29 is 14.7 Å². The van der Waals surface area contributed by atoms with Crippen LogP contribution >= 0.6 is 0 Å². The fourth-order valence-corrected chi connectivity index (χ4v) is 1.53. The Morgan fingerprint density at radius 1 is 1.73 bits per heavy atom. The Kier molecular flexibility index (Phi) is 4.55. The molecule has 0 spiro atoms. The predicted octanol–water partition coefficient (Wildman–Crippen LogP) is -0.600. The summed E-state index contributed by atoms with van der Waals surface area (Å²) in [5, 5.41) is 14.1. The van der Waals surface area contributed by atoms with Crippen LogP contribution in [0.15, 0.2) is 0 Å². The Balaban J connectivity index is 2.21. The molecule has 2 amide bonds. The van der Waals surface area contributed by atoms with Gasteiger partial charge in [-0.3, -0.25) is 9.59 Å². The van der Waals surface area contributed by atoms with Crippen molar-refractivity contribution in [2.24, 2.45) is 5.92 Å². The van der Waals surface area contributed by atoms with Gasteiger partial charge in [0.25, 0.3) is 0 Å². The maximum atomic E-state index is 11.5. The summed E-state index contributed by atoms with van der Waals surface area (Å²) in [6.07, 6.45) is 1.70. The molecule has 1 heterocycles. The highest BCUT2D eigenvalue weighted by Gasteiger charge is 2.26. The van der Waals surface area contributed by atoms with Crippen molar-refractivity contribution in [1.82, 2.24) is 10.6 Å². The molecule has 0 bridgehead atoms. The molecule has 1 fully saturated rings. The molecule has 2 atom stereocenters. The molecule has 5 heteroatoms. The van der Waals surface area contributed by atoms with Crippen LogP contribution in [-0.2, 0) is 9.59 Å². The molecule has 0 saturated carbocycles. The molecule has 3 N–H and O–H groups in total. The normalized spacial score (nSPS) is 22.3. The standard InChI is InChI=1S/C10H18N2O3/c1-7(4-5-13)6-11-10(15)8-2-3-9(14)12-8/h7-8,13H,2-6H2,1H3,(H,11,15)(H,12,14). The third-order valence-electron chi connectivity index (χ3n) is 2.56. The number of aliphatic hydroxyl groups is 1. The Labute approximate surface area is 89.2 Å². The quantitative estimate of drug-likeness (QED) is 0.572. The van der Waals surface area contributed by atoms with Gasteiger partial charge in [0.1, 0.15) is 6.04 Å². The number of carbonyl (C=O) groups excluding carboxylic acids is 2. The minimum absolute atomic E-state index is 0.0569. The van der Waals surface area contributed by atoms with E-state index in [0.29, 0.717) is 25.8 Å². The Hall–Kier alpha value is -1.10. The second kappa shape index (κ2) is 5.70. The Bertz CT molecular complexity index is 243. The van der Waals surface area contributed by atoms with Gasteiger partial charge < -0.3 is 15.7 Å². The highest BCUT2D eigenvalue weighted by atomic mass is 16.3. The highest BCUT2D eigenvalue weighted by molar-refractivity contribution is 5.90. The maximum absolute atomic E-state index is 11.5. The summed E-state index contributed by atoms with van der Waals surface area (Å²) in [5.41, 5.74) is 0. The van der Waals surface area contributed by atoms with Gasteiger partial charge in [-0.05, 0) is 18.8 Å². The average molecular weight is 214 g/mol. The fraction of sp³-hybridized carbons (Fsp3) is 0.800. The molecule has 86 valence electrons. The zero-order valence-electron chi connectivity index (χ0n) is 8.95. The van der Waals surface area contributed by atoms with Crippen molar-refractivity contribution in [1.29, 1.82) is 0 Å². The van der Waals surface area contributed by atoms with Gasteiger partial charge in [0.15, 0.2) is 0 Å². The van der Waals surface area contributed by atoms with Gasteiger partial charge in [-0.15, -0.1) is 0 Å². The topological polar surface area (TPSA) is 78.4 Å². The Morgan fingerprint density at radius 3 is 3.00 bits per heavy atom. The lowest BCUT2D eigenvalue weighted by Crippen LogP contribution is -2.43. The largest absolute Gasteiger partial charge is 0.396 e. The molecule has 1 saturated heterocycles. The smallest absolute Gasteiger partial charge is 0.242 e. The van der Waals surface area contributed by atoms with E-state index in [4.69, 9.17) is 5.11 Å². The van der Waals surface area contributed by atoms with Gasteiger partial charge in [-0.2, -0.15) is 0 Å². The van der Waals surface area contributed by atoms with Gasteiger partial charge in [0.05, 0.1) is 0 Å². The lowest BCUT2D eigenvalue weighted by atomic mass is 10.1. The molecule has 15 heavy (non-hydrogen) atoms. The average Bonchev–Trinajstić information content (AvgIpc) is 2.62. The third kappa shape index (κ3) is 3.87. The van der Waals surface area contributed by atoms with Crippen LogP contribution in [0, 0.1) is 5.92 Å². The fourth-order valence-electron chi connectivity index (χ4n) is 1.53. The number of aliphatic hydroxyl groups excluding tert-OH is 1. The first-order chi connectivity index (χ1) is 7.13. The van der Waals surface area contributed by atoms with Crippen molar-refractivity contribution in [3.63, 3.8) is 0 Å². The van der Waals surface area contributed by atoms with Crippen LogP contribution in [0.1, 0.15) is 26.2 Å². The van der Waals surface area contributed by atoms with E-state index in [1.165, 1.54) is 0 Å². The summed E-state index contributed by atoms with van der Waals surface area (Å²) in [6.45, 7) is 2.65. The van der Waals surface area contributed by atoms with Crippen LogP contribution in [0.25, 0.3) is 0 Å². The molecule has 0 aromatic carbocycles. The summed E-state index contributed by atoms with van der Waals surface area (Å²) < 4.78 is 0. The Morgan fingerprint density at radius 2 is 2.47 bits per heavy atom. The van der Waals surface area contributed by atoms with E-state index < -0.39 is 0 Å². The SMILES string of the molecule is CC(CCO)CNC(=O)C1CCC(=O)N1. The zero-order chi connectivity index (χ0) is 11.3. The number of amides is 2. The summed E-state index contributed by atoms with van der Waals surface area (Å²) in [6, 6.07) is -0.362. The van der Waals surface area contributed by atoms with E-state index in [1.54, 1.807) is 0 Å². The first kappa shape index (κ1) is 12.0. The van der Waals surface area contributed by atoms with E-state index in [1.807, 2.05) is 6.92 Å². The highest BCUT2D eigenvalue weighted by Crippen LogP contribution is 2.06. The lowest BCUT2D eigenvalue weighted by molar-refractivity contribution is -0.125. The van der Waals surface area contributed by atoms with Gasteiger partial charge in [-0.1, -0.05) is 6.92 Å². The second-order valence-electron chi connectivity index (χ2n) is 4.02. The van der Waals surface area contributed by atoms with E-state index in [2.05, 4.69) is 10.6 Å². The molecule has 0 radical (unpaired) electrons. The molecule has 0 aromatic heterocycles. The molecular formula is C10H18N2O3. The van der Waals surface area contributed by atoms with Gasteiger partial charge in [-0.25, -0.2) is 0 Å². The predicted molar refractivity (Wildman–Crippen MR) is 55.0 cm³/mol. The minimum atomic E-state index is -0.362. The minimum Gasteiger partial charge on any atom is -0.396 e. The van der Waals surface area contributed by atoms with Crippen molar-refractivity contribution in [2.45, 2.75) is 32.2 Å². The zero-order valence-corrected chi connectivity index (χ0v) is 8.95. The van der Waals surface area contributed by atoms with Crippen molar-refractivity contribution >= 4 is 11.8 Å². The molecule has 5 nitrogen and oxygen atoms in total. The van der Waals surface area contributed by atoms with E-state index in [9.17, 15) is 9.59 Å². The number of carbonyl (C=O) groups is 2. The number of rotatable bonds is 5.